The van der Waals surface area contributed by atoms with Gasteiger partial charge in [-0.2, -0.15) is 0 Å². The molecular weight excluding hydrogens is 421 g/mol. The van der Waals surface area contributed by atoms with Crippen LogP contribution in [0.4, 0.5) is 14.9 Å². The largest absolute Gasteiger partial charge is 0.488 e. The fraction of sp³-hybridized carbons (Fsp3) is 0.500. The molecule has 174 valence electrons. The first-order valence-electron chi connectivity index (χ1n) is 10.5. The summed E-state index contributed by atoms with van der Waals surface area (Å²) in [5, 5.41) is 11.8. The lowest BCUT2D eigenvalue weighted by Crippen LogP contribution is -2.44. The minimum Gasteiger partial charge on any atom is -0.488 e. The average Bonchev–Trinajstić information content (AvgIpc) is 2.97. The van der Waals surface area contributed by atoms with Crippen molar-refractivity contribution in [3.8, 4) is 5.75 Å². The van der Waals surface area contributed by atoms with E-state index in [0.29, 0.717) is 31.7 Å². The Morgan fingerprint density at radius 1 is 1.25 bits per heavy atom. The Kier molecular flexibility index (Phi) is 7.02. The molecule has 2 N–H and O–H groups in total. The summed E-state index contributed by atoms with van der Waals surface area (Å²) in [6.45, 7) is 5.87. The molecule has 0 atom stereocenters. The summed E-state index contributed by atoms with van der Waals surface area (Å²) in [4.78, 5) is 39.1. The van der Waals surface area contributed by atoms with Crippen molar-refractivity contribution in [2.75, 3.05) is 31.6 Å². The number of piperidine rings is 1. The Bertz CT molecular complexity index is 919. The first-order valence-corrected chi connectivity index (χ1v) is 10.5. The number of halogens is 1. The van der Waals surface area contributed by atoms with E-state index in [9.17, 15) is 18.8 Å². The lowest BCUT2D eigenvalue weighted by Gasteiger charge is -2.33. The summed E-state index contributed by atoms with van der Waals surface area (Å²) in [7, 11) is 0. The minimum absolute atomic E-state index is 0.0290. The zero-order valence-corrected chi connectivity index (χ0v) is 18.4. The van der Waals surface area contributed by atoms with Crippen LogP contribution in [-0.2, 0) is 14.3 Å². The van der Waals surface area contributed by atoms with Gasteiger partial charge in [0.15, 0.2) is 0 Å². The number of amides is 3. The zero-order chi connectivity index (χ0) is 23.5. The van der Waals surface area contributed by atoms with Crippen LogP contribution < -0.4 is 10.1 Å². The molecule has 10 heteroatoms. The molecule has 0 unspecified atom stereocenters. The standard InChI is InChI=1S/C22H28FN3O6/c1-22(2,3)32-21(30)25-8-6-15(7-9-25)31-18-5-4-14(23)12-16(18)24-17-13-19(28)26(10-11-27)20(17)29/h4-5,12-13,15,24,27H,6-11H2,1-3H3. The van der Waals surface area contributed by atoms with Gasteiger partial charge in [-0.15, -0.1) is 0 Å². The van der Waals surface area contributed by atoms with Crippen molar-refractivity contribution >= 4 is 23.6 Å². The van der Waals surface area contributed by atoms with Gasteiger partial charge in [-0.1, -0.05) is 0 Å². The zero-order valence-electron chi connectivity index (χ0n) is 18.4. The van der Waals surface area contributed by atoms with Crippen molar-refractivity contribution in [1.29, 1.82) is 0 Å². The molecule has 3 amide bonds. The number of imide groups is 1. The number of aliphatic hydroxyl groups is 1. The van der Waals surface area contributed by atoms with Crippen LogP contribution in [0.25, 0.3) is 0 Å². The van der Waals surface area contributed by atoms with E-state index in [0.717, 1.165) is 11.0 Å². The number of aliphatic hydroxyl groups excluding tert-OH is 1. The predicted molar refractivity (Wildman–Crippen MR) is 113 cm³/mol. The molecule has 2 aliphatic rings. The van der Waals surface area contributed by atoms with Gasteiger partial charge in [0.1, 0.15) is 29.0 Å². The highest BCUT2D eigenvalue weighted by molar-refractivity contribution is 6.17. The highest BCUT2D eigenvalue weighted by atomic mass is 19.1. The summed E-state index contributed by atoms with van der Waals surface area (Å²) < 4.78 is 25.3. The van der Waals surface area contributed by atoms with E-state index in [1.165, 1.54) is 18.2 Å². The van der Waals surface area contributed by atoms with Crippen LogP contribution in [0.2, 0.25) is 0 Å². The monoisotopic (exact) mass is 449 g/mol. The second-order valence-electron chi connectivity index (χ2n) is 8.63. The van der Waals surface area contributed by atoms with Crippen molar-refractivity contribution in [3.63, 3.8) is 0 Å². The van der Waals surface area contributed by atoms with E-state index >= 15 is 0 Å². The number of benzene rings is 1. The number of carbonyl (C=O) groups excluding carboxylic acids is 3. The molecule has 0 radical (unpaired) electrons. The van der Waals surface area contributed by atoms with Gasteiger partial charge in [-0.05, 0) is 32.9 Å². The number of hydrogen-bond acceptors (Lipinski definition) is 7. The molecule has 3 rings (SSSR count). The van der Waals surface area contributed by atoms with Crippen LogP contribution in [0.1, 0.15) is 33.6 Å². The molecule has 0 aliphatic carbocycles. The average molecular weight is 449 g/mol. The quantitative estimate of drug-likeness (QED) is 0.642. The Balaban J connectivity index is 1.64. The predicted octanol–water partition coefficient (Wildman–Crippen LogP) is 2.26. The van der Waals surface area contributed by atoms with Gasteiger partial charge in [0.2, 0.25) is 0 Å². The number of nitrogens with zero attached hydrogens (tertiary/aromatic N) is 2. The Morgan fingerprint density at radius 2 is 1.94 bits per heavy atom. The molecule has 1 aromatic carbocycles. The summed E-state index contributed by atoms with van der Waals surface area (Å²) in [5.41, 5.74) is -0.393. The lowest BCUT2D eigenvalue weighted by atomic mass is 10.1. The van der Waals surface area contributed by atoms with Gasteiger partial charge >= 0.3 is 6.09 Å². The second kappa shape index (κ2) is 9.56. The maximum atomic E-state index is 13.9. The van der Waals surface area contributed by atoms with E-state index in [2.05, 4.69) is 5.32 Å². The van der Waals surface area contributed by atoms with E-state index in [1.807, 2.05) is 20.8 Å². The smallest absolute Gasteiger partial charge is 0.410 e. The van der Waals surface area contributed by atoms with Gasteiger partial charge in [0.05, 0.1) is 18.8 Å². The number of likely N-dealkylation sites (tertiary alicyclic amines) is 1. The van der Waals surface area contributed by atoms with E-state index in [1.54, 1.807) is 4.90 Å². The van der Waals surface area contributed by atoms with E-state index in [-0.39, 0.29) is 36.7 Å². The van der Waals surface area contributed by atoms with Crippen LogP contribution >= 0.6 is 0 Å². The number of rotatable bonds is 6. The molecule has 0 aromatic heterocycles. The molecule has 1 saturated heterocycles. The van der Waals surface area contributed by atoms with Crippen LogP contribution in [0.5, 0.6) is 5.75 Å². The van der Waals surface area contributed by atoms with Crippen molar-refractivity contribution in [2.45, 2.75) is 45.3 Å². The van der Waals surface area contributed by atoms with Crippen LogP contribution in [0.3, 0.4) is 0 Å². The third-order valence-corrected chi connectivity index (χ3v) is 4.93. The molecule has 0 spiro atoms. The fourth-order valence-electron chi connectivity index (χ4n) is 3.42. The van der Waals surface area contributed by atoms with Gasteiger partial charge in [0.25, 0.3) is 11.8 Å². The summed E-state index contributed by atoms with van der Waals surface area (Å²) in [6.07, 6.45) is 1.62. The molecule has 0 saturated carbocycles. The number of anilines is 1. The number of carbonyl (C=O) groups is 3. The number of nitrogens with one attached hydrogen (secondary N) is 1. The topological polar surface area (TPSA) is 108 Å². The maximum Gasteiger partial charge on any atom is 0.410 e. The Hall–Kier alpha value is -3.14. The molecule has 32 heavy (non-hydrogen) atoms. The number of β-amino-alcohol motifs (C(OH)–C–C–N with tert-alkyl or cyclic N) is 1. The molecule has 9 nitrogen and oxygen atoms in total. The molecule has 1 aromatic rings. The second-order valence-corrected chi connectivity index (χ2v) is 8.63. The van der Waals surface area contributed by atoms with Gasteiger partial charge in [-0.3, -0.25) is 14.5 Å². The third-order valence-electron chi connectivity index (χ3n) is 4.93. The van der Waals surface area contributed by atoms with Crippen LogP contribution in [0, 0.1) is 5.82 Å². The SMILES string of the molecule is CC(C)(C)OC(=O)N1CCC(Oc2ccc(F)cc2NC2=CC(=O)N(CCO)C2=O)CC1. The molecular formula is C22H28FN3O6. The van der Waals surface area contributed by atoms with Crippen molar-refractivity contribution in [3.05, 3.63) is 35.8 Å². The summed E-state index contributed by atoms with van der Waals surface area (Å²) in [5.74, 6) is -1.38. The number of hydrogen-bond donors (Lipinski definition) is 2. The van der Waals surface area contributed by atoms with Crippen molar-refractivity contribution in [1.82, 2.24) is 9.80 Å². The van der Waals surface area contributed by atoms with Crippen LogP contribution in [-0.4, -0.2) is 70.8 Å². The molecule has 2 aliphatic heterocycles. The fourth-order valence-corrected chi connectivity index (χ4v) is 3.42. The van der Waals surface area contributed by atoms with Crippen LogP contribution in [0.15, 0.2) is 30.0 Å². The Morgan fingerprint density at radius 3 is 2.56 bits per heavy atom. The molecule has 2 heterocycles. The first kappa shape index (κ1) is 23.5. The third kappa shape index (κ3) is 5.76. The normalized spacial score (nSPS) is 17.5. The van der Waals surface area contributed by atoms with E-state index < -0.39 is 23.2 Å². The highest BCUT2D eigenvalue weighted by Gasteiger charge is 2.32. The van der Waals surface area contributed by atoms with Gasteiger partial charge in [-0.25, -0.2) is 9.18 Å². The van der Waals surface area contributed by atoms with Crippen molar-refractivity contribution < 1.29 is 33.4 Å². The Labute approximate surface area is 185 Å². The van der Waals surface area contributed by atoms with E-state index in [4.69, 9.17) is 14.6 Å². The summed E-state index contributed by atoms with van der Waals surface area (Å²) in [6, 6.07) is 3.87. The number of ether oxygens (including phenoxy) is 2. The molecule has 0 bridgehead atoms. The van der Waals surface area contributed by atoms with Crippen molar-refractivity contribution in [2.24, 2.45) is 0 Å². The molecule has 1 fully saturated rings. The first-order chi connectivity index (χ1) is 15.1. The van der Waals surface area contributed by atoms with Gasteiger partial charge < -0.3 is 24.8 Å². The van der Waals surface area contributed by atoms with Gasteiger partial charge in [0, 0.05) is 38.1 Å². The minimum atomic E-state index is -0.607. The lowest BCUT2D eigenvalue weighted by molar-refractivity contribution is -0.137. The summed E-state index contributed by atoms with van der Waals surface area (Å²) >= 11 is 0. The highest BCUT2D eigenvalue weighted by Crippen LogP contribution is 2.31. The maximum absolute atomic E-state index is 13.9.